The van der Waals surface area contributed by atoms with E-state index in [0.29, 0.717) is 0 Å². The molecule has 0 saturated carbocycles. The molecule has 1 unspecified atom stereocenters. The summed E-state index contributed by atoms with van der Waals surface area (Å²) in [6.45, 7) is 1.00. The number of hydrogen-bond donors (Lipinski definition) is 1. The van der Waals surface area contributed by atoms with Crippen LogP contribution in [0.4, 0.5) is 0 Å². The molecule has 0 aliphatic carbocycles. The van der Waals surface area contributed by atoms with Crippen molar-refractivity contribution < 1.29 is 4.79 Å². The van der Waals surface area contributed by atoms with Gasteiger partial charge in [0, 0.05) is 0 Å². The molecule has 1 fully saturated rings. The van der Waals surface area contributed by atoms with Gasteiger partial charge in [0.1, 0.15) is 0 Å². The van der Waals surface area contributed by atoms with Gasteiger partial charge in [-0.2, -0.15) is 0 Å². The van der Waals surface area contributed by atoms with Crippen LogP contribution >= 0.6 is 27.1 Å². The van der Waals surface area contributed by atoms with Gasteiger partial charge in [-0.1, -0.05) is 0 Å². The van der Waals surface area contributed by atoms with Crippen LogP contribution in [-0.2, 0) is 4.79 Å². The van der Waals surface area contributed by atoms with Crippen LogP contribution < -0.4 is 10.1 Å². The second-order valence-electron chi connectivity index (χ2n) is 3.95. The molecule has 1 saturated heterocycles. The maximum absolute atomic E-state index is 11.8. The zero-order valence-electron chi connectivity index (χ0n) is 9.76. The number of benzene rings is 1. The predicted octanol–water partition coefficient (Wildman–Crippen LogP) is 1.08. The van der Waals surface area contributed by atoms with Gasteiger partial charge in [-0.3, -0.25) is 0 Å². The molecule has 1 amide bonds. The summed E-state index contributed by atoms with van der Waals surface area (Å²) >= 11 is -2.42. The number of hydrogen-bond acceptors (Lipinski definition) is 3. The summed E-state index contributed by atoms with van der Waals surface area (Å²) in [5.41, 5.74) is 5.48. The van der Waals surface area contributed by atoms with Crippen molar-refractivity contribution in [3.05, 3.63) is 30.3 Å². The average molecular weight is 378 g/mol. The van der Waals surface area contributed by atoms with Crippen LogP contribution in [-0.4, -0.2) is 41.0 Å². The third kappa shape index (κ3) is 2.89. The van der Waals surface area contributed by atoms with Crippen LogP contribution in [0, 0.1) is 0 Å². The van der Waals surface area contributed by atoms with Gasteiger partial charge in [0.25, 0.3) is 0 Å². The van der Waals surface area contributed by atoms with Crippen LogP contribution in [0.25, 0.3) is 0 Å². The Morgan fingerprint density at radius 2 is 2.12 bits per heavy atom. The minimum absolute atomic E-state index is 0. The van der Waals surface area contributed by atoms with Crippen LogP contribution in [0.3, 0.4) is 0 Å². The van der Waals surface area contributed by atoms with Crippen molar-refractivity contribution in [3.8, 4) is 0 Å². The number of nitrogens with zero attached hydrogens (tertiary/aromatic N) is 1. The standard InChI is InChI=1S/C11H16GeN2OS.BrH/c1-12(10-5-3-2-4-6-10)14(7-8-16-12)11(15)9-13;/h2-6H,7-9,13H2,1H3;1H. The van der Waals surface area contributed by atoms with Crippen molar-refractivity contribution in [1.29, 1.82) is 0 Å². The fraction of sp³-hybridized carbons (Fsp3) is 0.364. The molecule has 0 bridgehead atoms. The molecule has 1 aliphatic heterocycles. The number of amides is 1. The molecule has 1 heterocycles. The van der Waals surface area contributed by atoms with Gasteiger partial charge < -0.3 is 0 Å². The Morgan fingerprint density at radius 3 is 2.71 bits per heavy atom. The molecule has 2 rings (SSSR count). The summed E-state index contributed by atoms with van der Waals surface area (Å²) in [6.07, 6.45) is 0. The molecule has 0 aromatic heterocycles. The SMILES string of the molecule is Br.[CH3][Ge]1([c]2ccccc2)[S]CC[N]1C(=O)CN. The molecule has 0 radical (unpaired) electrons. The average Bonchev–Trinajstić information content (AvgIpc) is 2.73. The van der Waals surface area contributed by atoms with Crippen molar-refractivity contribution >= 4 is 49.7 Å². The van der Waals surface area contributed by atoms with Crippen molar-refractivity contribution in [2.24, 2.45) is 5.73 Å². The summed E-state index contributed by atoms with van der Waals surface area (Å²) in [4.78, 5) is 11.8. The summed E-state index contributed by atoms with van der Waals surface area (Å²) < 4.78 is 3.42. The van der Waals surface area contributed by atoms with E-state index in [2.05, 4.69) is 33.9 Å². The first kappa shape index (κ1) is 15.1. The summed E-state index contributed by atoms with van der Waals surface area (Å²) in [6, 6.07) is 10.4. The first-order valence-corrected chi connectivity index (χ1v) is 13.0. The molecule has 1 atom stereocenters. The molecular formula is C11H17BrGeN2OS. The molecule has 0 spiro atoms. The van der Waals surface area contributed by atoms with Gasteiger partial charge >= 0.3 is 102 Å². The first-order chi connectivity index (χ1) is 7.68. The van der Waals surface area contributed by atoms with E-state index in [1.165, 1.54) is 4.40 Å². The van der Waals surface area contributed by atoms with Crippen molar-refractivity contribution in [2.45, 2.75) is 5.76 Å². The fourth-order valence-corrected chi connectivity index (χ4v) is 14.9. The van der Waals surface area contributed by atoms with Gasteiger partial charge in [-0.15, -0.1) is 17.0 Å². The van der Waals surface area contributed by atoms with E-state index in [9.17, 15) is 4.79 Å². The molecule has 94 valence electrons. The molecule has 1 aromatic rings. The van der Waals surface area contributed by atoms with E-state index >= 15 is 0 Å². The quantitative estimate of drug-likeness (QED) is 0.784. The second-order valence-corrected chi connectivity index (χ2v) is 17.1. The number of nitrogens with two attached hydrogens (primary N) is 1. The Morgan fingerprint density at radius 1 is 1.47 bits per heavy atom. The summed E-state index contributed by atoms with van der Waals surface area (Å²) in [7, 11) is 1.99. The van der Waals surface area contributed by atoms with E-state index in [0.717, 1.165) is 12.3 Å². The van der Waals surface area contributed by atoms with E-state index < -0.39 is 12.3 Å². The van der Waals surface area contributed by atoms with E-state index in [1.807, 2.05) is 16.2 Å². The van der Waals surface area contributed by atoms with E-state index in [4.69, 9.17) is 5.73 Å². The zero-order chi connectivity index (χ0) is 11.6. The molecule has 17 heavy (non-hydrogen) atoms. The molecule has 2 N–H and O–H groups in total. The van der Waals surface area contributed by atoms with Crippen molar-refractivity contribution in [1.82, 2.24) is 3.86 Å². The molecular weight excluding hydrogens is 361 g/mol. The van der Waals surface area contributed by atoms with Gasteiger partial charge in [0.2, 0.25) is 0 Å². The Bertz CT molecular complexity index is 392. The molecule has 1 aliphatic rings. The number of carbonyl (C=O) groups is 1. The number of carbonyl (C=O) groups excluding carboxylic acids is 1. The van der Waals surface area contributed by atoms with Crippen LogP contribution in [0.2, 0.25) is 5.76 Å². The monoisotopic (exact) mass is 378 g/mol. The van der Waals surface area contributed by atoms with Crippen molar-refractivity contribution in [3.63, 3.8) is 0 Å². The van der Waals surface area contributed by atoms with Gasteiger partial charge in [0.05, 0.1) is 0 Å². The Balaban J connectivity index is 0.00000144. The van der Waals surface area contributed by atoms with Gasteiger partial charge in [-0.05, 0) is 0 Å². The van der Waals surface area contributed by atoms with E-state index in [1.54, 1.807) is 0 Å². The fourth-order valence-electron chi connectivity index (χ4n) is 2.09. The first-order valence-electron chi connectivity index (χ1n) is 5.38. The minimum atomic E-state index is -2.42. The number of halogens is 1. The zero-order valence-corrected chi connectivity index (χ0v) is 14.4. The van der Waals surface area contributed by atoms with Crippen molar-refractivity contribution in [2.75, 3.05) is 18.8 Å². The topological polar surface area (TPSA) is 46.3 Å². The van der Waals surface area contributed by atoms with Gasteiger partial charge in [-0.25, -0.2) is 0 Å². The second kappa shape index (κ2) is 6.27. The van der Waals surface area contributed by atoms with Crippen LogP contribution in [0.5, 0.6) is 0 Å². The maximum atomic E-state index is 11.8. The number of rotatable bonds is 2. The summed E-state index contributed by atoms with van der Waals surface area (Å²) in [5.74, 6) is 3.44. The Labute approximate surface area is 118 Å². The van der Waals surface area contributed by atoms with Gasteiger partial charge in [0.15, 0.2) is 0 Å². The van der Waals surface area contributed by atoms with E-state index in [-0.39, 0.29) is 29.4 Å². The molecule has 6 heteroatoms. The third-order valence-corrected chi connectivity index (χ3v) is 17.2. The third-order valence-electron chi connectivity index (χ3n) is 3.00. The molecule has 1 aromatic carbocycles. The Hall–Kier alpha value is 0.0229. The van der Waals surface area contributed by atoms with Crippen LogP contribution in [0.15, 0.2) is 30.3 Å². The normalized spacial score (nSPS) is 23.3. The van der Waals surface area contributed by atoms with Crippen LogP contribution in [0.1, 0.15) is 0 Å². The molecule has 3 nitrogen and oxygen atoms in total. The predicted molar refractivity (Wildman–Crippen MR) is 81.2 cm³/mol. The summed E-state index contributed by atoms with van der Waals surface area (Å²) in [5, 5.41) is 0. The Kier molecular flexibility index (Phi) is 5.56.